The number of hydrogen-bond acceptors (Lipinski definition) is 2. The molecule has 0 radical (unpaired) electrons. The van der Waals surface area contributed by atoms with Gasteiger partial charge in [-0.2, -0.15) is 0 Å². The van der Waals surface area contributed by atoms with Gasteiger partial charge >= 0.3 is 0 Å². The van der Waals surface area contributed by atoms with Crippen LogP contribution in [0.2, 0.25) is 0 Å². The molecule has 0 heterocycles. The van der Waals surface area contributed by atoms with E-state index in [1.165, 1.54) is 0 Å². The van der Waals surface area contributed by atoms with Crippen LogP contribution in [0.5, 0.6) is 0 Å². The normalized spacial score (nSPS) is 21.9. The van der Waals surface area contributed by atoms with Gasteiger partial charge in [-0.3, -0.25) is 0 Å². The number of sulfonamides is 1. The van der Waals surface area contributed by atoms with Crippen molar-refractivity contribution >= 4 is 10.0 Å². The second-order valence-electron chi connectivity index (χ2n) is 2.77. The lowest BCUT2D eigenvalue weighted by molar-refractivity contribution is 0.589. The van der Waals surface area contributed by atoms with Crippen molar-refractivity contribution in [1.82, 2.24) is 0 Å². The average molecular weight is 199 g/mol. The first-order valence-electron chi connectivity index (χ1n) is 3.71. The standard InChI is InChI=1S/C7H9N3O2S/c1-6-2-4-7(5-3-6)13(11,12)10-9-8/h2-4,7H,5H2,1H3. The van der Waals surface area contributed by atoms with Crippen molar-refractivity contribution < 1.29 is 8.42 Å². The summed E-state index contributed by atoms with van der Waals surface area (Å²) >= 11 is 0. The molecule has 1 atom stereocenters. The molecular formula is C7H9N3O2S. The fraction of sp³-hybridized carbons (Fsp3) is 0.429. The van der Waals surface area contributed by atoms with E-state index in [9.17, 15) is 8.42 Å². The van der Waals surface area contributed by atoms with E-state index in [0.29, 0.717) is 6.42 Å². The van der Waals surface area contributed by atoms with Gasteiger partial charge in [-0.25, -0.2) is 8.42 Å². The topological polar surface area (TPSA) is 82.9 Å². The fourth-order valence-corrected chi connectivity index (χ4v) is 1.88. The quantitative estimate of drug-likeness (QED) is 0.386. The van der Waals surface area contributed by atoms with Crippen molar-refractivity contribution in [2.24, 2.45) is 4.52 Å². The highest BCUT2D eigenvalue weighted by atomic mass is 32.2. The van der Waals surface area contributed by atoms with E-state index in [4.69, 9.17) is 5.53 Å². The molecule has 0 aromatic rings. The zero-order valence-electron chi connectivity index (χ0n) is 7.08. The molecule has 0 aromatic heterocycles. The molecule has 0 bridgehead atoms. The summed E-state index contributed by atoms with van der Waals surface area (Å²) in [5, 5.41) is -0.702. The molecule has 1 rings (SSSR count). The third-order valence-electron chi connectivity index (χ3n) is 1.78. The van der Waals surface area contributed by atoms with Crippen LogP contribution in [-0.4, -0.2) is 13.7 Å². The summed E-state index contributed by atoms with van der Waals surface area (Å²) < 4.78 is 25.2. The lowest BCUT2D eigenvalue weighted by Gasteiger charge is -2.11. The van der Waals surface area contributed by atoms with Gasteiger partial charge in [-0.15, -0.1) is 0 Å². The van der Waals surface area contributed by atoms with E-state index in [1.807, 2.05) is 6.92 Å². The lowest BCUT2D eigenvalue weighted by atomic mass is 10.1. The lowest BCUT2D eigenvalue weighted by Crippen LogP contribution is -2.16. The minimum absolute atomic E-state index is 0.379. The molecule has 0 saturated carbocycles. The van der Waals surface area contributed by atoms with Crippen LogP contribution in [0.4, 0.5) is 0 Å². The Hall–Kier alpha value is -1.26. The van der Waals surface area contributed by atoms with Crippen LogP contribution in [0.1, 0.15) is 13.3 Å². The molecule has 0 amide bonds. The average Bonchev–Trinajstić information content (AvgIpc) is 2.05. The van der Waals surface area contributed by atoms with Crippen molar-refractivity contribution in [3.63, 3.8) is 0 Å². The van der Waals surface area contributed by atoms with Crippen LogP contribution in [0.15, 0.2) is 28.3 Å². The molecule has 70 valence electrons. The SMILES string of the molecule is CC1=CCC(S(=O)(=O)N=[N+]=[N-])C=C1. The van der Waals surface area contributed by atoms with E-state index in [2.05, 4.69) is 9.43 Å². The van der Waals surface area contributed by atoms with Crippen molar-refractivity contribution in [2.45, 2.75) is 18.6 Å². The van der Waals surface area contributed by atoms with Gasteiger partial charge < -0.3 is 0 Å². The van der Waals surface area contributed by atoms with Gasteiger partial charge in [0.25, 0.3) is 0 Å². The van der Waals surface area contributed by atoms with Gasteiger partial charge in [0, 0.05) is 9.43 Å². The van der Waals surface area contributed by atoms with Gasteiger partial charge in [0.1, 0.15) is 0 Å². The summed E-state index contributed by atoms with van der Waals surface area (Å²) in [5.74, 6) is 0. The van der Waals surface area contributed by atoms with Gasteiger partial charge in [0.15, 0.2) is 0 Å². The molecule has 0 aliphatic heterocycles. The summed E-state index contributed by atoms with van der Waals surface area (Å²) in [6.45, 7) is 1.88. The van der Waals surface area contributed by atoms with E-state index < -0.39 is 15.3 Å². The van der Waals surface area contributed by atoms with Gasteiger partial charge in [-0.05, 0) is 18.9 Å². The zero-order valence-corrected chi connectivity index (χ0v) is 7.90. The van der Waals surface area contributed by atoms with E-state index in [1.54, 1.807) is 18.2 Å². The molecule has 13 heavy (non-hydrogen) atoms. The molecule has 0 N–H and O–H groups in total. The van der Waals surface area contributed by atoms with Gasteiger partial charge in [0.2, 0.25) is 10.0 Å². The molecule has 1 aliphatic rings. The summed E-state index contributed by atoms with van der Waals surface area (Å²) in [4.78, 5) is 2.28. The van der Waals surface area contributed by atoms with E-state index in [-0.39, 0.29) is 0 Å². The van der Waals surface area contributed by atoms with Crippen molar-refractivity contribution in [2.75, 3.05) is 0 Å². The smallest absolute Gasteiger partial charge is 0.220 e. The minimum Gasteiger partial charge on any atom is -0.220 e. The first-order valence-corrected chi connectivity index (χ1v) is 5.22. The predicted octanol–water partition coefficient (Wildman–Crippen LogP) is 1.90. The van der Waals surface area contributed by atoms with E-state index in [0.717, 1.165) is 5.57 Å². The Bertz CT molecular complexity index is 401. The Morgan fingerprint density at radius 3 is 2.85 bits per heavy atom. The predicted molar refractivity (Wildman–Crippen MR) is 49.4 cm³/mol. The molecule has 5 nitrogen and oxygen atoms in total. The molecule has 0 saturated heterocycles. The Morgan fingerprint density at radius 1 is 1.69 bits per heavy atom. The number of rotatable bonds is 2. The number of hydrogen-bond donors (Lipinski definition) is 0. The third-order valence-corrected chi connectivity index (χ3v) is 3.19. The van der Waals surface area contributed by atoms with E-state index >= 15 is 0 Å². The summed E-state index contributed by atoms with van der Waals surface area (Å²) in [7, 11) is -3.68. The van der Waals surface area contributed by atoms with Crippen molar-refractivity contribution in [1.29, 1.82) is 0 Å². The van der Waals surface area contributed by atoms with Crippen LogP contribution in [-0.2, 0) is 10.0 Å². The summed E-state index contributed by atoms with van der Waals surface area (Å²) in [6, 6.07) is 0. The Balaban J connectivity index is 2.90. The summed E-state index contributed by atoms with van der Waals surface area (Å²) in [6.07, 6.45) is 5.43. The molecule has 0 spiro atoms. The second-order valence-corrected chi connectivity index (χ2v) is 4.57. The number of allylic oxidation sites excluding steroid dienone is 3. The number of azide groups is 1. The first kappa shape index (κ1) is 9.83. The highest BCUT2D eigenvalue weighted by Crippen LogP contribution is 2.17. The maximum Gasteiger partial charge on any atom is 0.242 e. The van der Waals surface area contributed by atoms with Crippen LogP contribution in [0, 0.1) is 0 Å². The maximum absolute atomic E-state index is 11.2. The highest BCUT2D eigenvalue weighted by Gasteiger charge is 2.21. The minimum atomic E-state index is -3.68. The highest BCUT2D eigenvalue weighted by molar-refractivity contribution is 7.90. The van der Waals surface area contributed by atoms with Crippen LogP contribution < -0.4 is 0 Å². The molecule has 1 unspecified atom stereocenters. The first-order chi connectivity index (χ1) is 6.06. The monoisotopic (exact) mass is 199 g/mol. The molecule has 6 heteroatoms. The fourth-order valence-electron chi connectivity index (χ4n) is 1.04. The van der Waals surface area contributed by atoms with Gasteiger partial charge in [0.05, 0.1) is 5.25 Å². The maximum atomic E-state index is 11.2. The Kier molecular flexibility index (Phi) is 2.75. The van der Waals surface area contributed by atoms with Gasteiger partial charge in [-0.1, -0.05) is 23.8 Å². The molecule has 1 aliphatic carbocycles. The Morgan fingerprint density at radius 2 is 2.38 bits per heavy atom. The molecular weight excluding hydrogens is 190 g/mol. The van der Waals surface area contributed by atoms with Crippen LogP contribution in [0.3, 0.4) is 0 Å². The molecule has 0 fully saturated rings. The largest absolute Gasteiger partial charge is 0.242 e. The van der Waals surface area contributed by atoms with Crippen molar-refractivity contribution in [3.05, 3.63) is 34.2 Å². The number of nitrogens with zero attached hydrogens (tertiary/aromatic N) is 3. The second kappa shape index (κ2) is 3.64. The zero-order chi connectivity index (χ0) is 9.90. The van der Waals surface area contributed by atoms with Crippen LogP contribution >= 0.6 is 0 Å². The van der Waals surface area contributed by atoms with Crippen LogP contribution in [0.25, 0.3) is 10.4 Å². The third kappa shape index (κ3) is 2.34. The Labute approximate surface area is 76.4 Å². The summed E-state index contributed by atoms with van der Waals surface area (Å²) in [5.41, 5.74) is 9.04. The molecule has 0 aromatic carbocycles. The van der Waals surface area contributed by atoms with Crippen molar-refractivity contribution in [3.8, 4) is 0 Å².